The molecule has 0 unspecified atom stereocenters. The van der Waals surface area contributed by atoms with Gasteiger partial charge in [0, 0.05) is 0 Å². The van der Waals surface area contributed by atoms with Gasteiger partial charge in [-0.25, -0.2) is 0 Å². The van der Waals surface area contributed by atoms with E-state index in [1.165, 1.54) is 163 Å². The smallest absolute Gasteiger partial charge is 0.000695 e. The van der Waals surface area contributed by atoms with Gasteiger partial charge in [-0.05, 0) is 175 Å². The van der Waals surface area contributed by atoms with Crippen LogP contribution >= 0.6 is 0 Å². The van der Waals surface area contributed by atoms with E-state index in [0.29, 0.717) is 0 Å². The van der Waals surface area contributed by atoms with Crippen molar-refractivity contribution in [3.05, 3.63) is 206 Å². The topological polar surface area (TPSA) is 0 Å². The zero-order chi connectivity index (χ0) is 41.4. The van der Waals surface area contributed by atoms with Crippen molar-refractivity contribution < 1.29 is 0 Å². The quantitative estimate of drug-likeness (QED) is 0.123. The van der Waals surface area contributed by atoms with Crippen molar-refractivity contribution in [2.75, 3.05) is 0 Å². The minimum Gasteiger partial charge on any atom is -0.0622 e. The summed E-state index contributed by atoms with van der Waals surface area (Å²) in [5.74, 6) is 0. The molecule has 0 radical (unpaired) electrons. The Morgan fingerprint density at radius 2 is 0.625 bits per heavy atom. The van der Waals surface area contributed by atoms with E-state index in [4.69, 9.17) is 0 Å². The van der Waals surface area contributed by atoms with Crippen molar-refractivity contribution in [1.82, 2.24) is 0 Å². The molecule has 15 aromatic rings. The summed E-state index contributed by atoms with van der Waals surface area (Å²) >= 11 is 0. The van der Waals surface area contributed by atoms with Crippen LogP contribution in [0.25, 0.3) is 163 Å². The lowest BCUT2D eigenvalue weighted by molar-refractivity contribution is 1.61. The Morgan fingerprint density at radius 3 is 1.36 bits per heavy atom. The Labute approximate surface area is 367 Å². The predicted molar refractivity (Wildman–Crippen MR) is 276 cm³/mol. The lowest BCUT2D eigenvalue weighted by Crippen LogP contribution is -1.90. The van der Waals surface area contributed by atoms with Crippen LogP contribution < -0.4 is 0 Å². The molecule has 0 atom stereocenters. The predicted octanol–water partition coefficient (Wildman–Crippen LogP) is 18.2. The standard InChI is InChI=1S/C64H34/c1-3-13-35(14-4-1)37-23-24-41-45-25-26-46-48-29-31-51-60-52(32-30-49(58(48)60)47-27-28-50(53(41)33-37)56(45)57(46)47)63-61-44-22-12-11-21-43(44)55-40-19-8-7-17-38(40)34-54(64(55)61)59(62(51)63)42-20-10-9-18-39(42)36-15-5-2-6-16-36/h1-34H. The van der Waals surface area contributed by atoms with E-state index < -0.39 is 0 Å². The third-order valence-electron chi connectivity index (χ3n) is 15.2. The summed E-state index contributed by atoms with van der Waals surface area (Å²) in [4.78, 5) is 0. The van der Waals surface area contributed by atoms with Crippen molar-refractivity contribution in [2.24, 2.45) is 0 Å². The van der Waals surface area contributed by atoms with Gasteiger partial charge in [-0.2, -0.15) is 0 Å². The van der Waals surface area contributed by atoms with E-state index in [9.17, 15) is 0 Å². The van der Waals surface area contributed by atoms with Crippen molar-refractivity contribution in [2.45, 2.75) is 0 Å². The molecule has 0 aliphatic heterocycles. The molecular weight excluding hydrogens is 769 g/mol. The van der Waals surface area contributed by atoms with E-state index >= 15 is 0 Å². The van der Waals surface area contributed by atoms with Gasteiger partial charge >= 0.3 is 0 Å². The summed E-state index contributed by atoms with van der Waals surface area (Å²) in [5.41, 5.74) is 12.9. The lowest BCUT2D eigenvalue weighted by Gasteiger charge is -2.17. The first-order valence-corrected chi connectivity index (χ1v) is 22.5. The molecule has 0 aromatic heterocycles. The van der Waals surface area contributed by atoms with Crippen molar-refractivity contribution in [3.63, 3.8) is 0 Å². The second kappa shape index (κ2) is 11.8. The van der Waals surface area contributed by atoms with Gasteiger partial charge < -0.3 is 0 Å². The summed E-state index contributed by atoms with van der Waals surface area (Å²) in [6.45, 7) is 0. The molecule has 0 heterocycles. The molecule has 0 saturated carbocycles. The van der Waals surface area contributed by atoms with Gasteiger partial charge in [0.2, 0.25) is 0 Å². The number of hydrogen-bond acceptors (Lipinski definition) is 0. The average molecular weight is 803 g/mol. The van der Waals surface area contributed by atoms with Crippen molar-refractivity contribution in [3.8, 4) is 55.6 Å². The highest BCUT2D eigenvalue weighted by Gasteiger charge is 2.30. The van der Waals surface area contributed by atoms with E-state index in [-0.39, 0.29) is 0 Å². The first kappa shape index (κ1) is 33.3. The summed E-state index contributed by atoms with van der Waals surface area (Å²) in [6.07, 6.45) is 0. The van der Waals surface area contributed by atoms with Crippen LogP contribution in [0.4, 0.5) is 0 Å². The first-order chi connectivity index (χ1) is 31.8. The normalized spacial score (nSPS) is 12.7. The molecule has 1 aliphatic carbocycles. The maximum atomic E-state index is 2.50. The zero-order valence-electron chi connectivity index (χ0n) is 34.6. The third-order valence-corrected chi connectivity index (χ3v) is 15.2. The number of benzene rings is 13. The molecule has 0 spiro atoms. The van der Waals surface area contributed by atoms with E-state index in [0.717, 1.165) is 0 Å². The average Bonchev–Trinajstić information content (AvgIpc) is 4.00. The van der Waals surface area contributed by atoms with Gasteiger partial charge in [0.25, 0.3) is 0 Å². The van der Waals surface area contributed by atoms with Gasteiger partial charge in [0.05, 0.1) is 0 Å². The molecule has 16 rings (SSSR count). The van der Waals surface area contributed by atoms with Gasteiger partial charge in [0.15, 0.2) is 0 Å². The van der Waals surface area contributed by atoms with Crippen LogP contribution in [0.5, 0.6) is 0 Å². The van der Waals surface area contributed by atoms with Gasteiger partial charge in [0.1, 0.15) is 0 Å². The maximum Gasteiger partial charge on any atom is -0.000695 e. The van der Waals surface area contributed by atoms with Crippen LogP contribution in [0.15, 0.2) is 206 Å². The Morgan fingerprint density at radius 1 is 0.172 bits per heavy atom. The number of rotatable bonds is 3. The Kier molecular flexibility index (Phi) is 6.13. The molecule has 0 amide bonds. The number of hydrogen-bond donors (Lipinski definition) is 0. The minimum absolute atomic E-state index is 1.23. The summed E-state index contributed by atoms with van der Waals surface area (Å²) < 4.78 is 0. The lowest BCUT2D eigenvalue weighted by atomic mass is 9.85. The molecule has 0 heteroatoms. The van der Waals surface area contributed by atoms with Crippen LogP contribution in [-0.2, 0) is 0 Å². The van der Waals surface area contributed by atoms with E-state index in [1.807, 2.05) is 0 Å². The van der Waals surface area contributed by atoms with E-state index in [2.05, 4.69) is 206 Å². The van der Waals surface area contributed by atoms with Crippen LogP contribution in [-0.4, -0.2) is 0 Å². The molecule has 0 saturated heterocycles. The fourth-order valence-electron chi connectivity index (χ4n) is 12.7. The molecule has 0 bridgehead atoms. The van der Waals surface area contributed by atoms with Crippen LogP contribution in [0.3, 0.4) is 0 Å². The Bertz CT molecular complexity index is 4480. The summed E-state index contributed by atoms with van der Waals surface area (Å²) in [6, 6.07) is 78.1. The monoisotopic (exact) mass is 802 g/mol. The molecule has 0 nitrogen and oxygen atoms in total. The Balaban J connectivity index is 1.09. The van der Waals surface area contributed by atoms with Crippen LogP contribution in [0, 0.1) is 0 Å². The minimum atomic E-state index is 1.23. The SMILES string of the molecule is c1ccc(-c2ccc3c(c2)-c2ccc4c5ccc6c7c(ccc(c8ccc-3c2c84)c57)c2c(-c3ccccc3-c3ccccc3)c3cc4ccccc4c4c5ccccc5c(c62)c34)cc1. The summed E-state index contributed by atoms with van der Waals surface area (Å²) in [7, 11) is 0. The molecular formula is C64H34. The first-order valence-electron chi connectivity index (χ1n) is 22.5. The molecule has 1 aliphatic rings. The molecule has 64 heavy (non-hydrogen) atoms. The van der Waals surface area contributed by atoms with Gasteiger partial charge in [-0.3, -0.25) is 0 Å². The highest BCUT2D eigenvalue weighted by atomic mass is 14.3. The largest absolute Gasteiger partial charge is 0.0622 e. The van der Waals surface area contributed by atoms with E-state index in [1.54, 1.807) is 0 Å². The fraction of sp³-hybridized carbons (Fsp3) is 0. The second-order valence-corrected chi connectivity index (χ2v) is 18.1. The summed E-state index contributed by atoms with van der Waals surface area (Å²) in [5, 5.41) is 26.9. The third kappa shape index (κ3) is 3.97. The van der Waals surface area contributed by atoms with Crippen molar-refractivity contribution >= 4 is 108 Å². The molecule has 0 N–H and O–H groups in total. The fourth-order valence-corrected chi connectivity index (χ4v) is 12.7. The maximum absolute atomic E-state index is 2.50. The van der Waals surface area contributed by atoms with Crippen LogP contribution in [0.2, 0.25) is 0 Å². The molecule has 15 aromatic carbocycles. The van der Waals surface area contributed by atoms with Gasteiger partial charge in [-0.1, -0.05) is 194 Å². The zero-order valence-corrected chi connectivity index (χ0v) is 34.6. The van der Waals surface area contributed by atoms with Crippen molar-refractivity contribution in [1.29, 1.82) is 0 Å². The Hall–Kier alpha value is -8.32. The molecule has 290 valence electrons. The van der Waals surface area contributed by atoms with Gasteiger partial charge in [-0.15, -0.1) is 0 Å². The molecule has 0 fully saturated rings. The van der Waals surface area contributed by atoms with Crippen LogP contribution in [0.1, 0.15) is 0 Å². The second-order valence-electron chi connectivity index (χ2n) is 18.1. The highest BCUT2D eigenvalue weighted by molar-refractivity contribution is 6.52. The highest BCUT2D eigenvalue weighted by Crippen LogP contribution is 2.58. The number of fused-ring (bicyclic) bond motifs is 14.